The molecule has 2 saturated heterocycles. The van der Waals surface area contributed by atoms with Gasteiger partial charge in [0.05, 0.1) is 32.0 Å². The van der Waals surface area contributed by atoms with Gasteiger partial charge in [0.15, 0.2) is 6.61 Å². The van der Waals surface area contributed by atoms with E-state index in [9.17, 15) is 4.79 Å². The van der Waals surface area contributed by atoms with Gasteiger partial charge in [-0.25, -0.2) is 0 Å². The second kappa shape index (κ2) is 7.85. The van der Waals surface area contributed by atoms with Crippen molar-refractivity contribution in [3.63, 3.8) is 0 Å². The van der Waals surface area contributed by atoms with Gasteiger partial charge in [-0.15, -0.1) is 0 Å². The van der Waals surface area contributed by atoms with E-state index in [1.54, 1.807) is 0 Å². The number of hydrogen-bond acceptors (Lipinski definition) is 5. The molecular formula is C18H25NO5. The molecule has 0 radical (unpaired) electrons. The van der Waals surface area contributed by atoms with Crippen molar-refractivity contribution in [1.29, 1.82) is 0 Å². The van der Waals surface area contributed by atoms with Crippen LogP contribution in [0.1, 0.15) is 19.8 Å². The molecular weight excluding hydrogens is 310 g/mol. The van der Waals surface area contributed by atoms with Crippen LogP contribution < -0.4 is 9.47 Å². The Labute approximate surface area is 142 Å². The zero-order valence-corrected chi connectivity index (χ0v) is 14.2. The molecule has 24 heavy (non-hydrogen) atoms. The Morgan fingerprint density at radius 2 is 1.79 bits per heavy atom. The highest BCUT2D eigenvalue weighted by atomic mass is 16.5. The van der Waals surface area contributed by atoms with Crippen LogP contribution in [0, 0.1) is 0 Å². The maximum Gasteiger partial charge on any atom is 0.261 e. The lowest BCUT2D eigenvalue weighted by Gasteiger charge is -2.43. The SMILES string of the molecule is CCCOc1ccc(OCC(=O)N2CCOCC23CCOC3)cc1. The first-order valence-corrected chi connectivity index (χ1v) is 8.55. The van der Waals surface area contributed by atoms with Gasteiger partial charge in [-0.05, 0) is 37.1 Å². The van der Waals surface area contributed by atoms with Crippen LogP contribution in [0.15, 0.2) is 24.3 Å². The average molecular weight is 335 g/mol. The number of ether oxygens (including phenoxy) is 4. The quantitative estimate of drug-likeness (QED) is 0.794. The zero-order chi connectivity index (χ0) is 16.8. The maximum absolute atomic E-state index is 12.6. The molecule has 2 fully saturated rings. The molecule has 1 amide bonds. The second-order valence-electron chi connectivity index (χ2n) is 6.23. The summed E-state index contributed by atoms with van der Waals surface area (Å²) in [6.07, 6.45) is 1.79. The highest BCUT2D eigenvalue weighted by Gasteiger charge is 2.45. The Bertz CT molecular complexity index is 539. The molecule has 6 nitrogen and oxygen atoms in total. The van der Waals surface area contributed by atoms with Crippen molar-refractivity contribution in [3.05, 3.63) is 24.3 Å². The summed E-state index contributed by atoms with van der Waals surface area (Å²) in [7, 11) is 0. The summed E-state index contributed by atoms with van der Waals surface area (Å²) in [5, 5.41) is 0. The van der Waals surface area contributed by atoms with Gasteiger partial charge in [-0.3, -0.25) is 4.79 Å². The van der Waals surface area contributed by atoms with E-state index in [1.807, 2.05) is 29.2 Å². The van der Waals surface area contributed by atoms with Crippen molar-refractivity contribution in [3.8, 4) is 11.5 Å². The van der Waals surface area contributed by atoms with Crippen LogP contribution in [-0.4, -0.2) is 62.5 Å². The van der Waals surface area contributed by atoms with E-state index in [1.165, 1.54) is 0 Å². The molecule has 0 aliphatic carbocycles. The smallest absolute Gasteiger partial charge is 0.261 e. The third-order valence-corrected chi connectivity index (χ3v) is 4.44. The summed E-state index contributed by atoms with van der Waals surface area (Å²) in [4.78, 5) is 14.5. The minimum atomic E-state index is -0.309. The number of rotatable bonds is 6. The summed E-state index contributed by atoms with van der Waals surface area (Å²) in [6, 6.07) is 7.37. The zero-order valence-electron chi connectivity index (χ0n) is 14.2. The van der Waals surface area contributed by atoms with E-state index in [4.69, 9.17) is 18.9 Å². The average Bonchev–Trinajstić information content (AvgIpc) is 3.08. The van der Waals surface area contributed by atoms with E-state index in [0.29, 0.717) is 45.3 Å². The van der Waals surface area contributed by atoms with Crippen LogP contribution in [0.4, 0.5) is 0 Å². The summed E-state index contributed by atoms with van der Waals surface area (Å²) in [5.74, 6) is 1.46. The van der Waals surface area contributed by atoms with Gasteiger partial charge in [-0.2, -0.15) is 0 Å². The normalized spacial score (nSPS) is 23.5. The van der Waals surface area contributed by atoms with Crippen LogP contribution in [-0.2, 0) is 14.3 Å². The van der Waals surface area contributed by atoms with Crippen LogP contribution >= 0.6 is 0 Å². The number of benzene rings is 1. The van der Waals surface area contributed by atoms with Crippen LogP contribution in [0.3, 0.4) is 0 Å². The maximum atomic E-state index is 12.6. The minimum absolute atomic E-state index is 0.0184. The van der Waals surface area contributed by atoms with Crippen molar-refractivity contribution in [2.45, 2.75) is 25.3 Å². The summed E-state index contributed by atoms with van der Waals surface area (Å²) in [6.45, 7) is 5.71. The molecule has 132 valence electrons. The van der Waals surface area contributed by atoms with Crippen molar-refractivity contribution in [1.82, 2.24) is 4.90 Å². The molecule has 1 aromatic carbocycles. The predicted molar refractivity (Wildman–Crippen MR) is 88.4 cm³/mol. The molecule has 1 atom stereocenters. The molecule has 0 N–H and O–H groups in total. The monoisotopic (exact) mass is 335 g/mol. The number of morpholine rings is 1. The van der Waals surface area contributed by atoms with Crippen molar-refractivity contribution in [2.75, 3.05) is 46.2 Å². The molecule has 1 aromatic rings. The summed E-state index contributed by atoms with van der Waals surface area (Å²) in [5.41, 5.74) is -0.309. The van der Waals surface area contributed by atoms with E-state index in [-0.39, 0.29) is 18.1 Å². The molecule has 6 heteroatoms. The Morgan fingerprint density at radius 3 is 2.46 bits per heavy atom. The second-order valence-corrected chi connectivity index (χ2v) is 6.23. The fourth-order valence-corrected chi connectivity index (χ4v) is 3.12. The van der Waals surface area contributed by atoms with Crippen LogP contribution in [0.2, 0.25) is 0 Å². The van der Waals surface area contributed by atoms with Crippen LogP contribution in [0.5, 0.6) is 11.5 Å². The molecule has 2 heterocycles. The molecule has 2 aliphatic heterocycles. The van der Waals surface area contributed by atoms with Gasteiger partial charge < -0.3 is 23.8 Å². The molecule has 0 bridgehead atoms. The topological polar surface area (TPSA) is 57.2 Å². The first-order valence-electron chi connectivity index (χ1n) is 8.55. The number of amides is 1. The van der Waals surface area contributed by atoms with Crippen molar-refractivity contribution >= 4 is 5.91 Å². The minimum Gasteiger partial charge on any atom is -0.494 e. The van der Waals surface area contributed by atoms with Gasteiger partial charge >= 0.3 is 0 Å². The number of carbonyl (C=O) groups is 1. The summed E-state index contributed by atoms with van der Waals surface area (Å²) >= 11 is 0. The van der Waals surface area contributed by atoms with E-state index < -0.39 is 0 Å². The van der Waals surface area contributed by atoms with Gasteiger partial charge in [0.2, 0.25) is 0 Å². The van der Waals surface area contributed by atoms with E-state index >= 15 is 0 Å². The third-order valence-electron chi connectivity index (χ3n) is 4.44. The van der Waals surface area contributed by atoms with Gasteiger partial charge in [0.25, 0.3) is 5.91 Å². The summed E-state index contributed by atoms with van der Waals surface area (Å²) < 4.78 is 22.3. The number of hydrogen-bond donors (Lipinski definition) is 0. The Morgan fingerprint density at radius 1 is 1.12 bits per heavy atom. The van der Waals surface area contributed by atoms with Gasteiger partial charge in [0.1, 0.15) is 11.5 Å². The molecule has 2 aliphatic rings. The van der Waals surface area contributed by atoms with E-state index in [0.717, 1.165) is 18.6 Å². The molecule has 3 rings (SSSR count). The Balaban J connectivity index is 1.54. The highest BCUT2D eigenvalue weighted by molar-refractivity contribution is 5.79. The molecule has 1 unspecified atom stereocenters. The molecule has 0 aromatic heterocycles. The van der Waals surface area contributed by atoms with Crippen molar-refractivity contribution < 1.29 is 23.7 Å². The number of carbonyl (C=O) groups excluding carboxylic acids is 1. The fraction of sp³-hybridized carbons (Fsp3) is 0.611. The third kappa shape index (κ3) is 3.82. The Hall–Kier alpha value is -1.79. The lowest BCUT2D eigenvalue weighted by Crippen LogP contribution is -2.60. The standard InChI is InChI=1S/C18H25NO5/c1-2-9-23-15-3-5-16(6-4-15)24-12-17(20)19-8-11-22-14-18(19)7-10-21-13-18/h3-6H,2,7-14H2,1H3. The van der Waals surface area contributed by atoms with E-state index in [2.05, 4.69) is 6.92 Å². The molecule has 1 spiro atoms. The van der Waals surface area contributed by atoms with Crippen molar-refractivity contribution in [2.24, 2.45) is 0 Å². The van der Waals surface area contributed by atoms with Crippen LogP contribution in [0.25, 0.3) is 0 Å². The highest BCUT2D eigenvalue weighted by Crippen LogP contribution is 2.29. The molecule has 0 saturated carbocycles. The lowest BCUT2D eigenvalue weighted by molar-refractivity contribution is -0.151. The fourth-order valence-electron chi connectivity index (χ4n) is 3.12. The van der Waals surface area contributed by atoms with Gasteiger partial charge in [-0.1, -0.05) is 6.92 Å². The first kappa shape index (κ1) is 17.0. The van der Waals surface area contributed by atoms with Gasteiger partial charge in [0, 0.05) is 13.2 Å². The largest absolute Gasteiger partial charge is 0.494 e. The number of nitrogens with zero attached hydrogens (tertiary/aromatic N) is 1. The lowest BCUT2D eigenvalue weighted by atomic mass is 9.96. The predicted octanol–water partition coefficient (Wildman–Crippen LogP) is 1.87. The first-order chi connectivity index (χ1) is 11.7. The Kier molecular flexibility index (Phi) is 5.58.